The minimum atomic E-state index is -3.81. The smallest absolute Gasteiger partial charge is 0.285 e. The molecule has 0 unspecified atom stereocenters. The maximum atomic E-state index is 12.4. The molecule has 1 heterocycles. The lowest BCUT2D eigenvalue weighted by Gasteiger charge is -2.05. The highest BCUT2D eigenvalue weighted by atomic mass is 32.2. The van der Waals surface area contributed by atoms with Gasteiger partial charge in [-0.05, 0) is 31.2 Å². The summed E-state index contributed by atoms with van der Waals surface area (Å²) in [4.78, 5) is 0.410. The lowest BCUT2D eigenvalue weighted by Crippen LogP contribution is -2.15. The van der Waals surface area contributed by atoms with Crippen LogP contribution in [0.15, 0.2) is 69.4 Å². The minimum absolute atomic E-state index is 0.0556. The Morgan fingerprint density at radius 2 is 1.78 bits per heavy atom. The number of rotatable bonds is 3. The molecule has 23 heavy (non-hydrogen) atoms. The molecular weight excluding hydrogens is 332 g/mol. The number of benzene rings is 2. The summed E-state index contributed by atoms with van der Waals surface area (Å²) in [7, 11) is -3.81. The molecule has 0 spiro atoms. The molecule has 0 saturated heterocycles. The van der Waals surface area contributed by atoms with E-state index in [-0.39, 0.29) is 15.4 Å². The first-order valence-electron chi connectivity index (χ1n) is 6.79. The average molecular weight is 346 g/mol. The molecule has 7 heteroatoms. The molecule has 0 bridgehead atoms. The van der Waals surface area contributed by atoms with Gasteiger partial charge >= 0.3 is 0 Å². The van der Waals surface area contributed by atoms with Crippen molar-refractivity contribution in [2.45, 2.75) is 11.8 Å². The summed E-state index contributed by atoms with van der Waals surface area (Å²) < 4.78 is 30.3. The molecule has 3 aromatic rings. The van der Waals surface area contributed by atoms with Gasteiger partial charge in [-0.25, -0.2) is 0 Å². The molecule has 0 radical (unpaired) electrons. The molecule has 3 rings (SSSR count). The van der Waals surface area contributed by atoms with Gasteiger partial charge in [-0.3, -0.25) is 4.57 Å². The van der Waals surface area contributed by atoms with Gasteiger partial charge in [0.25, 0.3) is 10.0 Å². The van der Waals surface area contributed by atoms with E-state index in [4.69, 9.17) is 0 Å². The van der Waals surface area contributed by atoms with Crippen molar-refractivity contribution in [2.24, 2.45) is 4.40 Å². The second kappa shape index (κ2) is 6.02. The summed E-state index contributed by atoms with van der Waals surface area (Å²) in [6.45, 7) is 1.89. The molecule has 1 N–H and O–H groups in total. The summed E-state index contributed by atoms with van der Waals surface area (Å²) in [5, 5.41) is 11.7. The molecule has 0 aliphatic carbocycles. The molecule has 0 atom stereocenters. The largest absolute Gasteiger partial charge is 0.506 e. The van der Waals surface area contributed by atoms with Gasteiger partial charge in [0.05, 0.1) is 10.6 Å². The Balaban J connectivity index is 2.13. The molecular formula is C16H14N2O3S2. The van der Waals surface area contributed by atoms with E-state index in [0.717, 1.165) is 5.56 Å². The number of hydrogen-bond donors (Lipinski definition) is 1. The first-order valence-corrected chi connectivity index (χ1v) is 9.11. The normalized spacial score (nSPS) is 12.5. The van der Waals surface area contributed by atoms with Gasteiger partial charge in [-0.1, -0.05) is 29.8 Å². The lowest BCUT2D eigenvalue weighted by molar-refractivity contribution is 0.472. The van der Waals surface area contributed by atoms with Gasteiger partial charge in [0.15, 0.2) is 0 Å². The Hall–Kier alpha value is -2.38. The Morgan fingerprint density at radius 3 is 2.48 bits per heavy atom. The molecule has 1 aromatic heterocycles. The molecule has 2 aromatic carbocycles. The number of phenolic OH excluding ortho intramolecular Hbond substituents is 1. The number of nitrogens with zero attached hydrogens (tertiary/aromatic N) is 2. The monoisotopic (exact) mass is 346 g/mol. The van der Waals surface area contributed by atoms with E-state index < -0.39 is 10.0 Å². The fraction of sp³-hybridized carbons (Fsp3) is 0.0625. The summed E-state index contributed by atoms with van der Waals surface area (Å²) in [5.41, 5.74) is 1.45. The van der Waals surface area contributed by atoms with E-state index in [1.165, 1.54) is 29.5 Å². The van der Waals surface area contributed by atoms with E-state index in [1.807, 2.05) is 6.92 Å². The highest BCUT2D eigenvalue weighted by Crippen LogP contribution is 2.20. The molecule has 0 amide bonds. The quantitative estimate of drug-likeness (QED) is 0.793. The van der Waals surface area contributed by atoms with E-state index >= 15 is 0 Å². The SMILES string of the molecule is Cc1ccc(S(=O)(=O)/N=c2\sccn2-c2ccccc2O)cc1. The minimum Gasteiger partial charge on any atom is -0.506 e. The van der Waals surface area contributed by atoms with Crippen molar-refractivity contribution >= 4 is 21.4 Å². The van der Waals surface area contributed by atoms with E-state index in [2.05, 4.69) is 4.40 Å². The zero-order chi connectivity index (χ0) is 16.4. The Labute approximate surface area is 137 Å². The van der Waals surface area contributed by atoms with Gasteiger partial charge in [0.2, 0.25) is 4.80 Å². The number of sulfonamides is 1. The van der Waals surface area contributed by atoms with Crippen LogP contribution in [0.1, 0.15) is 5.56 Å². The van der Waals surface area contributed by atoms with Crippen LogP contribution in [0.2, 0.25) is 0 Å². The summed E-state index contributed by atoms with van der Waals surface area (Å²) >= 11 is 1.18. The van der Waals surface area contributed by atoms with Crippen LogP contribution in [0.25, 0.3) is 5.69 Å². The highest BCUT2D eigenvalue weighted by Gasteiger charge is 2.13. The van der Waals surface area contributed by atoms with Crippen LogP contribution in [0.5, 0.6) is 5.75 Å². The predicted molar refractivity (Wildman–Crippen MR) is 89.2 cm³/mol. The molecule has 0 aliphatic heterocycles. The first kappa shape index (κ1) is 15.5. The van der Waals surface area contributed by atoms with Gasteiger partial charge in [0.1, 0.15) is 5.75 Å². The first-order chi connectivity index (χ1) is 11.0. The molecule has 0 fully saturated rings. The van der Waals surface area contributed by atoms with E-state index in [9.17, 15) is 13.5 Å². The Morgan fingerprint density at radius 1 is 1.09 bits per heavy atom. The van der Waals surface area contributed by atoms with Crippen molar-refractivity contribution in [2.75, 3.05) is 0 Å². The molecule has 0 aliphatic rings. The third-order valence-corrected chi connectivity index (χ3v) is 5.40. The van der Waals surface area contributed by atoms with Crippen molar-refractivity contribution in [3.05, 3.63) is 70.5 Å². The van der Waals surface area contributed by atoms with Crippen LogP contribution in [-0.4, -0.2) is 18.1 Å². The Kier molecular flexibility index (Phi) is 4.06. The number of thiazole rings is 1. The highest BCUT2D eigenvalue weighted by molar-refractivity contribution is 7.90. The predicted octanol–water partition coefficient (Wildman–Crippen LogP) is 2.84. The van der Waals surface area contributed by atoms with Gasteiger partial charge in [-0.15, -0.1) is 15.7 Å². The summed E-state index contributed by atoms with van der Waals surface area (Å²) in [5.74, 6) is 0.0556. The van der Waals surface area contributed by atoms with Crippen molar-refractivity contribution in [1.82, 2.24) is 4.57 Å². The van der Waals surface area contributed by atoms with Gasteiger partial charge in [0, 0.05) is 11.6 Å². The van der Waals surface area contributed by atoms with Crippen LogP contribution in [0.4, 0.5) is 0 Å². The maximum Gasteiger partial charge on any atom is 0.285 e. The fourth-order valence-electron chi connectivity index (χ4n) is 2.06. The zero-order valence-corrected chi connectivity index (χ0v) is 13.9. The van der Waals surface area contributed by atoms with Crippen molar-refractivity contribution in [3.63, 3.8) is 0 Å². The standard InChI is InChI=1S/C16H14N2O3S2/c1-12-6-8-13(9-7-12)23(20,21)17-16-18(10-11-22-16)14-4-2-3-5-15(14)19/h2-11,19H,1H3/b17-16-. The Bertz CT molecular complexity index is 1000. The third-order valence-electron chi connectivity index (χ3n) is 3.25. The van der Waals surface area contributed by atoms with Crippen LogP contribution >= 0.6 is 11.3 Å². The molecule has 0 saturated carbocycles. The number of aryl methyl sites for hydroxylation is 1. The van der Waals surface area contributed by atoms with Crippen LogP contribution in [0.3, 0.4) is 0 Å². The summed E-state index contributed by atoms with van der Waals surface area (Å²) in [6, 6.07) is 13.2. The van der Waals surface area contributed by atoms with Gasteiger partial charge in [-0.2, -0.15) is 8.42 Å². The van der Waals surface area contributed by atoms with Crippen molar-refractivity contribution in [3.8, 4) is 11.4 Å². The average Bonchev–Trinajstić information content (AvgIpc) is 2.95. The van der Waals surface area contributed by atoms with Crippen LogP contribution < -0.4 is 4.80 Å². The number of phenols is 1. The number of hydrogen-bond acceptors (Lipinski definition) is 4. The van der Waals surface area contributed by atoms with Crippen molar-refractivity contribution in [1.29, 1.82) is 0 Å². The topological polar surface area (TPSA) is 71.7 Å². The number of aromatic hydroxyl groups is 1. The van der Waals surface area contributed by atoms with E-state index in [1.54, 1.807) is 46.5 Å². The van der Waals surface area contributed by atoms with Gasteiger partial charge < -0.3 is 5.11 Å². The van der Waals surface area contributed by atoms with Crippen LogP contribution in [-0.2, 0) is 10.0 Å². The van der Waals surface area contributed by atoms with E-state index in [0.29, 0.717) is 5.69 Å². The van der Waals surface area contributed by atoms with Crippen LogP contribution in [0, 0.1) is 6.92 Å². The lowest BCUT2D eigenvalue weighted by atomic mass is 10.2. The molecule has 118 valence electrons. The fourth-order valence-corrected chi connectivity index (χ4v) is 3.98. The molecule has 5 nitrogen and oxygen atoms in total. The maximum absolute atomic E-state index is 12.4. The number of para-hydroxylation sites is 2. The second-order valence-corrected chi connectivity index (χ2v) is 7.40. The number of aromatic nitrogens is 1. The zero-order valence-electron chi connectivity index (χ0n) is 12.2. The van der Waals surface area contributed by atoms with Crippen molar-refractivity contribution < 1.29 is 13.5 Å². The third kappa shape index (κ3) is 3.20. The summed E-state index contributed by atoms with van der Waals surface area (Å²) in [6.07, 6.45) is 1.67. The second-order valence-electron chi connectivity index (χ2n) is 4.92.